The highest BCUT2D eigenvalue weighted by Gasteiger charge is 2.41. The summed E-state index contributed by atoms with van der Waals surface area (Å²) in [7, 11) is 0. The van der Waals surface area contributed by atoms with E-state index in [9.17, 15) is 14.7 Å². The number of hydrogen-bond donors (Lipinski definition) is 2. The third-order valence-corrected chi connectivity index (χ3v) is 8.65. The predicted molar refractivity (Wildman–Crippen MR) is 139 cm³/mol. The number of benzene rings is 1. The lowest BCUT2D eigenvalue weighted by Gasteiger charge is -2.41. The van der Waals surface area contributed by atoms with E-state index in [1.54, 1.807) is 6.07 Å². The number of carbonyl (C=O) groups is 2. The number of fused-ring (bicyclic) bond motifs is 2. The highest BCUT2D eigenvalue weighted by molar-refractivity contribution is 5.92. The summed E-state index contributed by atoms with van der Waals surface area (Å²) in [6, 6.07) is 8.88. The van der Waals surface area contributed by atoms with Gasteiger partial charge in [0.2, 0.25) is 5.91 Å². The predicted octanol–water partition coefficient (Wildman–Crippen LogP) is 4.31. The van der Waals surface area contributed by atoms with Crippen LogP contribution in [0.1, 0.15) is 99.9 Å². The third kappa shape index (κ3) is 6.65. The lowest BCUT2D eigenvalue weighted by atomic mass is 9.84. The fraction of sp³-hybridized carbons (Fsp3) is 0.724. The van der Waals surface area contributed by atoms with Gasteiger partial charge < -0.3 is 15.7 Å². The molecular weight excluding hydrogens is 438 g/mol. The van der Waals surface area contributed by atoms with Gasteiger partial charge in [-0.05, 0) is 80.4 Å². The van der Waals surface area contributed by atoms with Crippen molar-refractivity contribution < 1.29 is 14.7 Å². The molecule has 2 heterocycles. The van der Waals surface area contributed by atoms with E-state index < -0.39 is 6.10 Å². The number of carbonyl (C=O) groups excluding carboxylic acids is 2. The van der Waals surface area contributed by atoms with Crippen molar-refractivity contribution >= 4 is 11.8 Å². The number of rotatable bonds is 10. The molecule has 1 saturated carbocycles. The number of nitrogens with two attached hydrogens (primary N) is 1. The van der Waals surface area contributed by atoms with Gasteiger partial charge in [0, 0.05) is 37.3 Å². The van der Waals surface area contributed by atoms with Crippen LogP contribution in [0, 0.1) is 11.8 Å². The molecule has 6 nitrogen and oxygen atoms in total. The molecule has 6 heteroatoms. The maximum Gasteiger partial charge on any atom is 0.251 e. The summed E-state index contributed by atoms with van der Waals surface area (Å²) in [5.41, 5.74) is 7.33. The molecule has 1 aromatic carbocycles. The van der Waals surface area contributed by atoms with Crippen molar-refractivity contribution in [3.8, 4) is 0 Å². The Bertz CT molecular complexity index is 852. The molecule has 194 valence electrons. The minimum absolute atomic E-state index is 0.0743. The van der Waals surface area contributed by atoms with Crippen LogP contribution in [0.15, 0.2) is 24.3 Å². The molecule has 2 saturated heterocycles. The third-order valence-electron chi connectivity index (χ3n) is 8.65. The average molecular weight is 484 g/mol. The van der Waals surface area contributed by atoms with Gasteiger partial charge in [-0.2, -0.15) is 0 Å². The fourth-order valence-corrected chi connectivity index (χ4v) is 6.82. The Morgan fingerprint density at radius 3 is 2.40 bits per heavy atom. The quantitative estimate of drug-likeness (QED) is 0.519. The first-order chi connectivity index (χ1) is 16.8. The van der Waals surface area contributed by atoms with Crippen LogP contribution in [0.3, 0.4) is 0 Å². The van der Waals surface area contributed by atoms with Crippen molar-refractivity contribution in [3.63, 3.8) is 0 Å². The second-order valence-electron chi connectivity index (χ2n) is 11.7. The first-order valence-electron chi connectivity index (χ1n) is 13.9. The molecule has 2 aliphatic heterocycles. The smallest absolute Gasteiger partial charge is 0.251 e. The van der Waals surface area contributed by atoms with E-state index in [1.165, 1.54) is 50.5 Å². The van der Waals surface area contributed by atoms with E-state index in [-0.39, 0.29) is 11.8 Å². The van der Waals surface area contributed by atoms with Gasteiger partial charge >= 0.3 is 0 Å². The molecule has 3 fully saturated rings. The van der Waals surface area contributed by atoms with Crippen LogP contribution in [0.2, 0.25) is 0 Å². The molecule has 0 spiro atoms. The summed E-state index contributed by atoms with van der Waals surface area (Å²) in [5.74, 6) is 0.882. The normalized spacial score (nSPS) is 26.1. The van der Waals surface area contributed by atoms with Gasteiger partial charge in [0.15, 0.2) is 0 Å². The summed E-state index contributed by atoms with van der Waals surface area (Å²) in [6.45, 7) is 6.50. The van der Waals surface area contributed by atoms with E-state index in [0.717, 1.165) is 25.9 Å². The van der Waals surface area contributed by atoms with Gasteiger partial charge in [-0.25, -0.2) is 0 Å². The summed E-state index contributed by atoms with van der Waals surface area (Å²) in [6.07, 6.45) is 10.4. The minimum atomic E-state index is -0.890. The SMILES string of the molecule is CC(C)C[C@H](O)C(=O)N(CCN1[C@@H]2CC[C@H]1CC(c1cccc(C(N)=O)c1)C2)CC1CCCCC1. The van der Waals surface area contributed by atoms with Crippen molar-refractivity contribution in [2.24, 2.45) is 17.6 Å². The van der Waals surface area contributed by atoms with Gasteiger partial charge in [0.25, 0.3) is 5.91 Å². The Kier molecular flexibility index (Phi) is 8.87. The number of amides is 2. The topological polar surface area (TPSA) is 86.9 Å². The second kappa shape index (κ2) is 11.9. The van der Waals surface area contributed by atoms with Gasteiger partial charge in [-0.15, -0.1) is 0 Å². The van der Waals surface area contributed by atoms with Gasteiger partial charge in [-0.3, -0.25) is 14.5 Å². The maximum absolute atomic E-state index is 13.2. The molecule has 2 bridgehead atoms. The minimum Gasteiger partial charge on any atom is -0.383 e. The van der Waals surface area contributed by atoms with E-state index in [4.69, 9.17) is 5.73 Å². The molecular formula is C29H45N3O3. The van der Waals surface area contributed by atoms with Crippen LogP contribution in [0.4, 0.5) is 0 Å². The lowest BCUT2D eigenvalue weighted by Crippen LogP contribution is -2.49. The number of aliphatic hydroxyl groups excluding tert-OH is 1. The van der Waals surface area contributed by atoms with Gasteiger partial charge in [0.05, 0.1) is 0 Å². The number of hydrogen-bond acceptors (Lipinski definition) is 4. The molecule has 2 amide bonds. The van der Waals surface area contributed by atoms with E-state index >= 15 is 0 Å². The molecule has 35 heavy (non-hydrogen) atoms. The van der Waals surface area contributed by atoms with Crippen LogP contribution in [0.25, 0.3) is 0 Å². The van der Waals surface area contributed by atoms with Gasteiger partial charge in [-0.1, -0.05) is 45.2 Å². The fourth-order valence-electron chi connectivity index (χ4n) is 6.82. The summed E-state index contributed by atoms with van der Waals surface area (Å²) >= 11 is 0. The zero-order chi connectivity index (χ0) is 24.9. The summed E-state index contributed by atoms with van der Waals surface area (Å²) in [4.78, 5) is 29.5. The number of primary amides is 1. The number of aliphatic hydroxyl groups is 1. The molecule has 3 aliphatic rings. The molecule has 1 aliphatic carbocycles. The summed E-state index contributed by atoms with van der Waals surface area (Å²) in [5, 5.41) is 10.6. The van der Waals surface area contributed by atoms with Crippen molar-refractivity contribution in [2.75, 3.05) is 19.6 Å². The highest BCUT2D eigenvalue weighted by Crippen LogP contribution is 2.43. The Hall–Kier alpha value is -1.92. The zero-order valence-corrected chi connectivity index (χ0v) is 21.7. The highest BCUT2D eigenvalue weighted by atomic mass is 16.3. The van der Waals surface area contributed by atoms with Gasteiger partial charge in [0.1, 0.15) is 6.10 Å². The van der Waals surface area contributed by atoms with Crippen molar-refractivity contribution in [1.29, 1.82) is 0 Å². The Balaban J connectivity index is 1.39. The Morgan fingerprint density at radius 2 is 1.77 bits per heavy atom. The second-order valence-corrected chi connectivity index (χ2v) is 11.7. The first-order valence-corrected chi connectivity index (χ1v) is 13.9. The number of nitrogens with zero attached hydrogens (tertiary/aromatic N) is 2. The molecule has 3 N–H and O–H groups in total. The molecule has 1 aromatic rings. The Morgan fingerprint density at radius 1 is 1.09 bits per heavy atom. The van der Waals surface area contributed by atoms with Crippen LogP contribution < -0.4 is 5.73 Å². The van der Waals surface area contributed by atoms with Crippen LogP contribution >= 0.6 is 0 Å². The van der Waals surface area contributed by atoms with Crippen molar-refractivity contribution in [1.82, 2.24) is 9.80 Å². The van der Waals surface area contributed by atoms with E-state index in [0.29, 0.717) is 48.4 Å². The van der Waals surface area contributed by atoms with Crippen molar-refractivity contribution in [3.05, 3.63) is 35.4 Å². The maximum atomic E-state index is 13.2. The molecule has 1 unspecified atom stereocenters. The van der Waals surface area contributed by atoms with Crippen LogP contribution in [0.5, 0.6) is 0 Å². The first kappa shape index (κ1) is 26.2. The van der Waals surface area contributed by atoms with Crippen LogP contribution in [-0.4, -0.2) is 64.5 Å². The molecule has 0 radical (unpaired) electrons. The zero-order valence-electron chi connectivity index (χ0n) is 21.7. The standard InChI is InChI=1S/C29H45N3O3/c1-20(2)15-27(33)29(35)31(19-21-7-4-3-5-8-21)13-14-32-25-11-12-26(32)18-24(17-25)22-9-6-10-23(16-22)28(30)34/h6,9-10,16,20-21,24-27,33H,3-5,7-8,11-15,17-19H2,1-2H3,(H2,30,34)/t24?,25-,26+,27-/m0/s1. The molecule has 4 atom stereocenters. The Labute approximate surface area is 211 Å². The molecule has 0 aromatic heterocycles. The van der Waals surface area contributed by atoms with E-state index in [2.05, 4.69) is 24.8 Å². The average Bonchev–Trinajstić information content (AvgIpc) is 3.07. The number of piperidine rings is 1. The largest absolute Gasteiger partial charge is 0.383 e. The monoisotopic (exact) mass is 483 g/mol. The van der Waals surface area contributed by atoms with Crippen LogP contribution in [-0.2, 0) is 4.79 Å². The molecule has 4 rings (SSSR count). The van der Waals surface area contributed by atoms with E-state index in [1.807, 2.05) is 17.0 Å². The van der Waals surface area contributed by atoms with Crippen molar-refractivity contribution in [2.45, 2.75) is 102 Å². The lowest BCUT2D eigenvalue weighted by molar-refractivity contribution is -0.142. The summed E-state index contributed by atoms with van der Waals surface area (Å²) < 4.78 is 0.